The van der Waals surface area contributed by atoms with Crippen LogP contribution in [-0.2, 0) is 5.60 Å². The zero-order chi connectivity index (χ0) is 15.3. The predicted octanol–water partition coefficient (Wildman–Crippen LogP) is 3.05. The van der Waals surface area contributed by atoms with E-state index in [1.54, 1.807) is 0 Å². The van der Waals surface area contributed by atoms with Gasteiger partial charge in [-0.3, -0.25) is 4.90 Å². The van der Waals surface area contributed by atoms with Gasteiger partial charge in [0.1, 0.15) is 12.4 Å². The number of ether oxygens (including phenoxy) is 1. The third-order valence-corrected chi connectivity index (χ3v) is 4.41. The Bertz CT molecular complexity index is 563. The maximum absolute atomic E-state index is 10.8. The van der Waals surface area contributed by atoms with E-state index < -0.39 is 5.60 Å². The molecule has 2 aromatic carbocycles. The number of piperidine rings is 1. The van der Waals surface area contributed by atoms with Crippen LogP contribution in [0.1, 0.15) is 18.4 Å². The average molecular weight is 297 g/mol. The molecule has 1 aliphatic heterocycles. The summed E-state index contributed by atoms with van der Waals surface area (Å²) in [7, 11) is 0. The van der Waals surface area contributed by atoms with Crippen LogP contribution < -0.4 is 4.74 Å². The summed E-state index contributed by atoms with van der Waals surface area (Å²) in [5.41, 5.74) is 0.369. The summed E-state index contributed by atoms with van der Waals surface area (Å²) in [5, 5.41) is 10.8. The second-order valence-corrected chi connectivity index (χ2v) is 5.90. The van der Waals surface area contributed by atoms with E-state index in [-0.39, 0.29) is 0 Å². The number of hydrogen-bond acceptors (Lipinski definition) is 3. The number of nitrogens with zero attached hydrogens (tertiary/aromatic N) is 1. The zero-order valence-electron chi connectivity index (χ0n) is 12.8. The molecule has 3 heteroatoms. The Morgan fingerprint density at radius 2 is 1.50 bits per heavy atom. The first-order valence-corrected chi connectivity index (χ1v) is 7.94. The molecule has 1 aliphatic rings. The second kappa shape index (κ2) is 6.95. The van der Waals surface area contributed by atoms with E-state index in [4.69, 9.17) is 4.74 Å². The van der Waals surface area contributed by atoms with E-state index in [1.165, 1.54) is 0 Å². The second-order valence-electron chi connectivity index (χ2n) is 5.90. The fourth-order valence-electron chi connectivity index (χ4n) is 2.99. The van der Waals surface area contributed by atoms with Crippen molar-refractivity contribution in [3.63, 3.8) is 0 Å². The van der Waals surface area contributed by atoms with Crippen molar-refractivity contribution in [2.75, 3.05) is 26.2 Å². The molecule has 116 valence electrons. The zero-order valence-corrected chi connectivity index (χ0v) is 12.8. The monoisotopic (exact) mass is 297 g/mol. The Balaban J connectivity index is 1.46. The summed E-state index contributed by atoms with van der Waals surface area (Å²) in [6.07, 6.45) is 1.56. The highest BCUT2D eigenvalue weighted by molar-refractivity contribution is 5.23. The molecule has 3 nitrogen and oxygen atoms in total. The van der Waals surface area contributed by atoms with Crippen LogP contribution in [-0.4, -0.2) is 36.2 Å². The molecular formula is C19H23NO2. The van der Waals surface area contributed by atoms with E-state index in [0.717, 1.165) is 43.8 Å². The van der Waals surface area contributed by atoms with Gasteiger partial charge in [-0.15, -0.1) is 0 Å². The van der Waals surface area contributed by atoms with Gasteiger partial charge in [0.15, 0.2) is 0 Å². The van der Waals surface area contributed by atoms with Crippen molar-refractivity contribution in [1.29, 1.82) is 0 Å². The molecule has 1 N–H and O–H groups in total. The third-order valence-electron chi connectivity index (χ3n) is 4.41. The maximum Gasteiger partial charge on any atom is 0.119 e. The van der Waals surface area contributed by atoms with Gasteiger partial charge in [-0.2, -0.15) is 0 Å². The minimum atomic E-state index is -0.669. The minimum absolute atomic E-state index is 0.669. The minimum Gasteiger partial charge on any atom is -0.492 e. The predicted molar refractivity (Wildman–Crippen MR) is 87.9 cm³/mol. The summed E-state index contributed by atoms with van der Waals surface area (Å²) in [5.74, 6) is 0.917. The van der Waals surface area contributed by atoms with Crippen molar-refractivity contribution in [2.24, 2.45) is 0 Å². The van der Waals surface area contributed by atoms with E-state index in [9.17, 15) is 5.11 Å². The number of likely N-dealkylation sites (tertiary alicyclic amines) is 1. The molecule has 0 spiro atoms. The van der Waals surface area contributed by atoms with Crippen molar-refractivity contribution in [3.05, 3.63) is 66.2 Å². The average Bonchev–Trinajstić information content (AvgIpc) is 2.59. The standard InChI is InChI=1S/C19H23NO2/c21-19(17-7-3-1-4-8-17)11-13-20(14-12-19)15-16-22-18-9-5-2-6-10-18/h1-10,21H,11-16H2. The van der Waals surface area contributed by atoms with Gasteiger partial charge in [0.2, 0.25) is 0 Å². The topological polar surface area (TPSA) is 32.7 Å². The molecule has 2 aromatic rings. The normalized spacial score (nSPS) is 18.0. The van der Waals surface area contributed by atoms with Gasteiger partial charge >= 0.3 is 0 Å². The van der Waals surface area contributed by atoms with Crippen LogP contribution in [0.4, 0.5) is 0 Å². The Hall–Kier alpha value is -1.84. The van der Waals surface area contributed by atoms with Crippen molar-refractivity contribution >= 4 is 0 Å². The van der Waals surface area contributed by atoms with Crippen molar-refractivity contribution in [1.82, 2.24) is 4.90 Å². The summed E-state index contributed by atoms with van der Waals surface area (Å²) in [6, 6.07) is 19.9. The van der Waals surface area contributed by atoms with Gasteiger partial charge in [-0.1, -0.05) is 48.5 Å². The fraction of sp³-hybridized carbons (Fsp3) is 0.368. The quantitative estimate of drug-likeness (QED) is 0.920. The van der Waals surface area contributed by atoms with Crippen LogP contribution in [0, 0.1) is 0 Å². The van der Waals surface area contributed by atoms with E-state index in [0.29, 0.717) is 6.61 Å². The summed E-state index contributed by atoms with van der Waals surface area (Å²) in [6.45, 7) is 3.40. The lowest BCUT2D eigenvalue weighted by molar-refractivity contribution is -0.0278. The Morgan fingerprint density at radius 3 is 2.14 bits per heavy atom. The van der Waals surface area contributed by atoms with Crippen LogP contribution in [0.15, 0.2) is 60.7 Å². The van der Waals surface area contributed by atoms with Gasteiger partial charge in [0, 0.05) is 19.6 Å². The molecular weight excluding hydrogens is 274 g/mol. The van der Waals surface area contributed by atoms with Crippen LogP contribution in [0.5, 0.6) is 5.75 Å². The molecule has 0 radical (unpaired) electrons. The summed E-state index contributed by atoms with van der Waals surface area (Å²) in [4.78, 5) is 2.36. The maximum atomic E-state index is 10.8. The highest BCUT2D eigenvalue weighted by Gasteiger charge is 2.33. The van der Waals surface area contributed by atoms with Crippen LogP contribution >= 0.6 is 0 Å². The highest BCUT2D eigenvalue weighted by Crippen LogP contribution is 2.32. The lowest BCUT2D eigenvalue weighted by Crippen LogP contribution is -2.43. The van der Waals surface area contributed by atoms with Gasteiger partial charge in [-0.05, 0) is 30.5 Å². The Labute approximate surface area is 132 Å². The molecule has 0 unspecified atom stereocenters. The first kappa shape index (κ1) is 15.1. The third kappa shape index (κ3) is 3.67. The molecule has 3 rings (SSSR count). The van der Waals surface area contributed by atoms with E-state index in [2.05, 4.69) is 4.90 Å². The number of rotatable bonds is 5. The smallest absolute Gasteiger partial charge is 0.119 e. The fourth-order valence-corrected chi connectivity index (χ4v) is 2.99. The molecule has 22 heavy (non-hydrogen) atoms. The molecule has 1 fully saturated rings. The first-order valence-electron chi connectivity index (χ1n) is 7.94. The lowest BCUT2D eigenvalue weighted by Gasteiger charge is -2.38. The van der Waals surface area contributed by atoms with Gasteiger partial charge in [0.25, 0.3) is 0 Å². The van der Waals surface area contributed by atoms with Crippen molar-refractivity contribution < 1.29 is 9.84 Å². The number of benzene rings is 2. The number of aliphatic hydroxyl groups is 1. The summed E-state index contributed by atoms with van der Waals surface area (Å²) < 4.78 is 5.74. The Morgan fingerprint density at radius 1 is 0.909 bits per heavy atom. The molecule has 1 heterocycles. The molecule has 0 aromatic heterocycles. The summed E-state index contributed by atoms with van der Waals surface area (Å²) >= 11 is 0. The molecule has 0 amide bonds. The molecule has 1 saturated heterocycles. The van der Waals surface area contributed by atoms with Crippen LogP contribution in [0.2, 0.25) is 0 Å². The SMILES string of the molecule is OC1(c2ccccc2)CCN(CCOc2ccccc2)CC1. The molecule has 0 aliphatic carbocycles. The van der Waals surface area contributed by atoms with Gasteiger partial charge in [0.05, 0.1) is 5.60 Å². The number of hydrogen-bond donors (Lipinski definition) is 1. The Kier molecular flexibility index (Phi) is 4.76. The van der Waals surface area contributed by atoms with E-state index >= 15 is 0 Å². The van der Waals surface area contributed by atoms with Crippen LogP contribution in [0.25, 0.3) is 0 Å². The molecule has 0 bridgehead atoms. The molecule has 0 saturated carbocycles. The van der Waals surface area contributed by atoms with Gasteiger partial charge in [-0.25, -0.2) is 0 Å². The van der Waals surface area contributed by atoms with Crippen molar-refractivity contribution in [2.45, 2.75) is 18.4 Å². The van der Waals surface area contributed by atoms with E-state index in [1.807, 2.05) is 60.7 Å². The first-order chi connectivity index (χ1) is 10.8. The lowest BCUT2D eigenvalue weighted by atomic mass is 9.84. The highest BCUT2D eigenvalue weighted by atomic mass is 16.5. The van der Waals surface area contributed by atoms with Crippen LogP contribution in [0.3, 0.4) is 0 Å². The number of para-hydroxylation sites is 1. The largest absolute Gasteiger partial charge is 0.492 e. The molecule has 0 atom stereocenters. The van der Waals surface area contributed by atoms with Crippen molar-refractivity contribution in [3.8, 4) is 5.75 Å². The van der Waals surface area contributed by atoms with Gasteiger partial charge < -0.3 is 9.84 Å².